The molecule has 1 aliphatic heterocycles. The lowest BCUT2D eigenvalue weighted by molar-refractivity contribution is 0.0398. The molecule has 0 bridgehead atoms. The molecule has 0 unspecified atom stereocenters. The molecule has 1 saturated heterocycles. The fourth-order valence-corrected chi connectivity index (χ4v) is 2.77. The van der Waals surface area contributed by atoms with E-state index in [1.54, 1.807) is 6.07 Å². The average molecular weight is 366 g/mol. The van der Waals surface area contributed by atoms with Crippen molar-refractivity contribution >= 4 is 29.1 Å². The van der Waals surface area contributed by atoms with Gasteiger partial charge >= 0.3 is 0 Å². The van der Waals surface area contributed by atoms with Gasteiger partial charge in [-0.15, -0.1) is 0 Å². The van der Waals surface area contributed by atoms with Gasteiger partial charge in [0.1, 0.15) is 11.6 Å². The third-order valence-electron chi connectivity index (χ3n) is 3.87. The maximum absolute atomic E-state index is 13.2. The highest BCUT2D eigenvalue weighted by molar-refractivity contribution is 6.31. The highest BCUT2D eigenvalue weighted by Gasteiger charge is 2.10. The molecule has 3 rings (SSSR count). The Morgan fingerprint density at radius 3 is 2.80 bits per heavy atom. The van der Waals surface area contributed by atoms with Crippen LogP contribution in [0.25, 0.3) is 0 Å². The van der Waals surface area contributed by atoms with Crippen LogP contribution in [0.4, 0.5) is 21.8 Å². The summed E-state index contributed by atoms with van der Waals surface area (Å²) < 4.78 is 18.6. The van der Waals surface area contributed by atoms with Crippen molar-refractivity contribution < 1.29 is 9.13 Å². The Morgan fingerprint density at radius 1 is 1.24 bits per heavy atom. The molecule has 6 nitrogen and oxygen atoms in total. The number of benzene rings is 1. The summed E-state index contributed by atoms with van der Waals surface area (Å²) in [5.74, 6) is 0.732. The summed E-state index contributed by atoms with van der Waals surface area (Å²) in [6, 6.07) is 6.30. The van der Waals surface area contributed by atoms with Gasteiger partial charge in [0.25, 0.3) is 0 Å². The summed E-state index contributed by atoms with van der Waals surface area (Å²) in [6.07, 6.45) is 0. The largest absolute Gasteiger partial charge is 0.379 e. The molecule has 0 amide bonds. The molecular formula is C17H21ClFN5O. The van der Waals surface area contributed by atoms with Crippen molar-refractivity contribution in [3.8, 4) is 0 Å². The standard InChI is InChI=1S/C17H21ClFN5O/c1-12-10-16(20-4-5-24-6-8-25-9-7-24)23-17(21-12)22-13-2-3-15(19)14(18)11-13/h2-3,10-11H,4-9H2,1H3,(H2,20,21,22,23). The number of aryl methyl sites for hydroxylation is 1. The maximum atomic E-state index is 13.2. The first-order valence-corrected chi connectivity index (χ1v) is 8.60. The van der Waals surface area contributed by atoms with Crippen molar-refractivity contribution in [1.29, 1.82) is 0 Å². The Kier molecular flexibility index (Phi) is 6.01. The minimum absolute atomic E-state index is 0.0570. The Balaban J connectivity index is 1.60. The van der Waals surface area contributed by atoms with Gasteiger partial charge in [-0.3, -0.25) is 4.90 Å². The Hall–Kier alpha value is -1.96. The van der Waals surface area contributed by atoms with Crippen molar-refractivity contribution in [1.82, 2.24) is 14.9 Å². The van der Waals surface area contributed by atoms with Crippen LogP contribution < -0.4 is 10.6 Å². The molecular weight excluding hydrogens is 345 g/mol. The monoisotopic (exact) mass is 365 g/mol. The van der Waals surface area contributed by atoms with E-state index in [4.69, 9.17) is 16.3 Å². The molecule has 2 aromatic rings. The van der Waals surface area contributed by atoms with Gasteiger partial charge in [0.15, 0.2) is 0 Å². The lowest BCUT2D eigenvalue weighted by Gasteiger charge is -2.26. The van der Waals surface area contributed by atoms with E-state index in [0.717, 1.165) is 50.9 Å². The minimum Gasteiger partial charge on any atom is -0.379 e. The second kappa shape index (κ2) is 8.42. The van der Waals surface area contributed by atoms with Crippen LogP contribution in [-0.2, 0) is 4.74 Å². The molecule has 1 aromatic carbocycles. The van der Waals surface area contributed by atoms with Gasteiger partial charge in [0.2, 0.25) is 5.95 Å². The molecule has 0 spiro atoms. The van der Waals surface area contributed by atoms with Gasteiger partial charge in [-0.1, -0.05) is 11.6 Å². The van der Waals surface area contributed by atoms with Gasteiger partial charge in [0, 0.05) is 43.6 Å². The summed E-state index contributed by atoms with van der Waals surface area (Å²) in [4.78, 5) is 11.2. The number of ether oxygens (including phenoxy) is 1. The Morgan fingerprint density at radius 2 is 2.04 bits per heavy atom. The van der Waals surface area contributed by atoms with E-state index in [-0.39, 0.29) is 5.02 Å². The van der Waals surface area contributed by atoms with Crippen molar-refractivity contribution in [2.75, 3.05) is 50.0 Å². The van der Waals surface area contributed by atoms with E-state index in [9.17, 15) is 4.39 Å². The van der Waals surface area contributed by atoms with Gasteiger partial charge < -0.3 is 15.4 Å². The fraction of sp³-hybridized carbons (Fsp3) is 0.412. The summed E-state index contributed by atoms with van der Waals surface area (Å²) in [6.45, 7) is 7.13. The summed E-state index contributed by atoms with van der Waals surface area (Å²) in [5.41, 5.74) is 1.47. The number of hydrogen-bond donors (Lipinski definition) is 2. The molecule has 0 saturated carbocycles. The van der Waals surface area contributed by atoms with E-state index >= 15 is 0 Å². The zero-order chi connectivity index (χ0) is 17.6. The SMILES string of the molecule is Cc1cc(NCCN2CCOCC2)nc(Nc2ccc(F)c(Cl)c2)n1. The molecule has 0 aliphatic carbocycles. The van der Waals surface area contributed by atoms with Crippen LogP contribution in [0.1, 0.15) is 5.69 Å². The van der Waals surface area contributed by atoms with Crippen molar-refractivity contribution in [3.63, 3.8) is 0 Å². The summed E-state index contributed by atoms with van der Waals surface area (Å²) in [7, 11) is 0. The first kappa shape index (κ1) is 17.8. The fourth-order valence-electron chi connectivity index (χ4n) is 2.58. The van der Waals surface area contributed by atoms with Crippen LogP contribution in [0.5, 0.6) is 0 Å². The number of anilines is 3. The minimum atomic E-state index is -0.456. The second-order valence-electron chi connectivity index (χ2n) is 5.85. The number of nitrogens with one attached hydrogen (secondary N) is 2. The smallest absolute Gasteiger partial charge is 0.229 e. The average Bonchev–Trinajstić information content (AvgIpc) is 2.59. The van der Waals surface area contributed by atoms with Crippen LogP contribution in [-0.4, -0.2) is 54.3 Å². The topological polar surface area (TPSA) is 62.3 Å². The molecule has 1 fully saturated rings. The zero-order valence-corrected chi connectivity index (χ0v) is 14.8. The normalized spacial score (nSPS) is 15.2. The van der Waals surface area contributed by atoms with E-state index in [2.05, 4.69) is 25.5 Å². The highest BCUT2D eigenvalue weighted by Crippen LogP contribution is 2.22. The molecule has 2 heterocycles. The number of nitrogens with zero attached hydrogens (tertiary/aromatic N) is 3. The molecule has 0 radical (unpaired) electrons. The Labute approximate surface area is 151 Å². The van der Waals surface area contributed by atoms with Crippen LogP contribution in [0, 0.1) is 12.7 Å². The molecule has 1 aliphatic rings. The lowest BCUT2D eigenvalue weighted by Crippen LogP contribution is -2.39. The third-order valence-corrected chi connectivity index (χ3v) is 4.16. The van der Waals surface area contributed by atoms with Crippen molar-refractivity contribution in [2.45, 2.75) is 6.92 Å². The van der Waals surface area contributed by atoms with E-state index in [1.165, 1.54) is 12.1 Å². The number of morpholine rings is 1. The van der Waals surface area contributed by atoms with Gasteiger partial charge in [-0.2, -0.15) is 4.98 Å². The number of aromatic nitrogens is 2. The van der Waals surface area contributed by atoms with E-state index in [0.29, 0.717) is 11.6 Å². The molecule has 2 N–H and O–H groups in total. The summed E-state index contributed by atoms with van der Waals surface area (Å²) in [5, 5.41) is 6.43. The molecule has 134 valence electrons. The molecule has 8 heteroatoms. The highest BCUT2D eigenvalue weighted by atomic mass is 35.5. The van der Waals surface area contributed by atoms with E-state index in [1.807, 2.05) is 13.0 Å². The predicted molar refractivity (Wildman–Crippen MR) is 97.2 cm³/mol. The quantitative estimate of drug-likeness (QED) is 0.820. The van der Waals surface area contributed by atoms with E-state index < -0.39 is 5.82 Å². The van der Waals surface area contributed by atoms with Crippen LogP contribution in [0.3, 0.4) is 0 Å². The lowest BCUT2D eigenvalue weighted by atomic mass is 10.3. The summed E-state index contributed by atoms with van der Waals surface area (Å²) >= 11 is 5.80. The van der Waals surface area contributed by atoms with Gasteiger partial charge in [-0.25, -0.2) is 9.37 Å². The molecule has 1 aromatic heterocycles. The predicted octanol–water partition coefficient (Wildman–Crippen LogP) is 3.07. The van der Waals surface area contributed by atoms with Gasteiger partial charge in [0.05, 0.1) is 18.2 Å². The van der Waals surface area contributed by atoms with Crippen LogP contribution in [0.15, 0.2) is 24.3 Å². The number of halogens is 2. The zero-order valence-electron chi connectivity index (χ0n) is 14.1. The molecule has 25 heavy (non-hydrogen) atoms. The maximum Gasteiger partial charge on any atom is 0.229 e. The first-order chi connectivity index (χ1) is 12.1. The van der Waals surface area contributed by atoms with Crippen LogP contribution in [0.2, 0.25) is 5.02 Å². The molecule has 0 atom stereocenters. The third kappa shape index (κ3) is 5.26. The van der Waals surface area contributed by atoms with Crippen molar-refractivity contribution in [2.24, 2.45) is 0 Å². The van der Waals surface area contributed by atoms with Gasteiger partial charge in [-0.05, 0) is 25.1 Å². The van der Waals surface area contributed by atoms with Crippen molar-refractivity contribution in [3.05, 3.63) is 40.8 Å². The second-order valence-corrected chi connectivity index (χ2v) is 6.26. The van der Waals surface area contributed by atoms with Crippen LogP contribution >= 0.6 is 11.6 Å². The number of hydrogen-bond acceptors (Lipinski definition) is 6. The first-order valence-electron chi connectivity index (χ1n) is 8.22. The number of rotatable bonds is 6. The Bertz CT molecular complexity index is 724.